The molecule has 2 aromatic carbocycles. The minimum absolute atomic E-state index is 0.128. The first-order chi connectivity index (χ1) is 18.7. The number of nitro benzene ring substituents is 1. The number of esters is 1. The Morgan fingerprint density at radius 2 is 1.95 bits per heavy atom. The van der Waals surface area contributed by atoms with Gasteiger partial charge in [0, 0.05) is 23.8 Å². The van der Waals surface area contributed by atoms with Gasteiger partial charge >= 0.3 is 5.97 Å². The number of furan rings is 1. The topological polar surface area (TPSA) is 117 Å². The van der Waals surface area contributed by atoms with Crippen molar-refractivity contribution in [1.82, 2.24) is 4.57 Å². The Morgan fingerprint density at radius 3 is 2.62 bits per heavy atom. The van der Waals surface area contributed by atoms with Crippen molar-refractivity contribution in [2.75, 3.05) is 6.61 Å². The molecule has 0 unspecified atom stereocenters. The number of allylic oxidation sites excluding steroid dienone is 1. The molecule has 4 aromatic rings. The number of benzene rings is 2. The molecule has 0 amide bonds. The molecule has 0 fully saturated rings. The molecule has 0 saturated carbocycles. The standard InChI is InChI=1S/C28H22ClN3O6S/c1-4-37-27(34)24-16(3)30-28-31(25(24)17-7-5-15(2)6-8-17)26(33)23(39-28)14-19-10-12-22(38-19)20-11-9-18(32(35)36)13-21(20)29/h5-14,25H,4H2,1-3H3/b23-14+/t25-/m1/s1. The minimum Gasteiger partial charge on any atom is -0.463 e. The zero-order chi connectivity index (χ0) is 27.8. The van der Waals surface area contributed by atoms with E-state index < -0.39 is 16.9 Å². The van der Waals surface area contributed by atoms with Crippen LogP contribution in [0.4, 0.5) is 5.69 Å². The third-order valence-electron chi connectivity index (χ3n) is 6.24. The maximum absolute atomic E-state index is 13.7. The number of fused-ring (bicyclic) bond motifs is 1. The van der Waals surface area contributed by atoms with Crippen LogP contribution in [0.15, 0.2) is 80.1 Å². The van der Waals surface area contributed by atoms with Gasteiger partial charge in [-0.15, -0.1) is 0 Å². The van der Waals surface area contributed by atoms with Gasteiger partial charge in [0.15, 0.2) is 4.80 Å². The summed E-state index contributed by atoms with van der Waals surface area (Å²) < 4.78 is 13.1. The van der Waals surface area contributed by atoms with Gasteiger partial charge in [0.05, 0.1) is 38.4 Å². The number of thiazole rings is 1. The molecular weight excluding hydrogens is 542 g/mol. The van der Waals surface area contributed by atoms with Crippen LogP contribution < -0.4 is 14.9 Å². The highest BCUT2D eigenvalue weighted by Gasteiger charge is 2.33. The zero-order valence-corrected chi connectivity index (χ0v) is 22.7. The number of hydrogen-bond acceptors (Lipinski definition) is 8. The van der Waals surface area contributed by atoms with Crippen molar-refractivity contribution < 1.29 is 18.9 Å². The first kappa shape index (κ1) is 26.3. The Balaban J connectivity index is 1.60. The molecule has 1 aliphatic rings. The molecule has 0 bridgehead atoms. The second kappa shape index (κ2) is 10.5. The Hall–Kier alpha value is -4.28. The van der Waals surface area contributed by atoms with Crippen LogP contribution in [0.25, 0.3) is 17.4 Å². The quantitative estimate of drug-likeness (QED) is 0.186. The van der Waals surface area contributed by atoms with Gasteiger partial charge in [-0.1, -0.05) is 52.8 Å². The minimum atomic E-state index is -0.700. The van der Waals surface area contributed by atoms with Crippen molar-refractivity contribution in [3.63, 3.8) is 0 Å². The average molecular weight is 564 g/mol. The van der Waals surface area contributed by atoms with E-state index >= 15 is 0 Å². The van der Waals surface area contributed by atoms with Crippen molar-refractivity contribution in [3.8, 4) is 11.3 Å². The van der Waals surface area contributed by atoms with E-state index in [1.54, 1.807) is 32.1 Å². The fraction of sp³-hybridized carbons (Fsp3) is 0.179. The Labute approximate surface area is 231 Å². The van der Waals surface area contributed by atoms with E-state index in [1.807, 2.05) is 31.2 Å². The van der Waals surface area contributed by atoms with E-state index in [2.05, 4.69) is 4.99 Å². The molecule has 0 N–H and O–H groups in total. The summed E-state index contributed by atoms with van der Waals surface area (Å²) in [5.74, 6) is 0.263. The average Bonchev–Trinajstić information content (AvgIpc) is 3.48. The molecule has 0 saturated heterocycles. The Bertz CT molecular complexity index is 1830. The number of aryl methyl sites for hydroxylation is 1. The lowest BCUT2D eigenvalue weighted by Crippen LogP contribution is -2.39. The highest BCUT2D eigenvalue weighted by atomic mass is 35.5. The molecular formula is C28H22ClN3O6S. The molecule has 5 rings (SSSR count). The lowest BCUT2D eigenvalue weighted by atomic mass is 9.95. The summed E-state index contributed by atoms with van der Waals surface area (Å²) in [6.45, 7) is 5.62. The summed E-state index contributed by atoms with van der Waals surface area (Å²) >= 11 is 7.43. The van der Waals surface area contributed by atoms with Gasteiger partial charge in [-0.05, 0) is 44.5 Å². The summed E-state index contributed by atoms with van der Waals surface area (Å²) in [6, 6.07) is 14.4. The van der Waals surface area contributed by atoms with Crippen molar-refractivity contribution in [1.29, 1.82) is 0 Å². The van der Waals surface area contributed by atoms with Crippen molar-refractivity contribution in [2.24, 2.45) is 4.99 Å². The first-order valence-electron chi connectivity index (χ1n) is 12.0. The largest absolute Gasteiger partial charge is 0.463 e. The number of hydrogen-bond donors (Lipinski definition) is 0. The molecule has 11 heteroatoms. The third kappa shape index (κ3) is 4.96. The lowest BCUT2D eigenvalue weighted by Gasteiger charge is -2.24. The third-order valence-corrected chi connectivity index (χ3v) is 7.53. The van der Waals surface area contributed by atoms with Gasteiger partial charge in [-0.25, -0.2) is 9.79 Å². The van der Waals surface area contributed by atoms with E-state index in [4.69, 9.17) is 20.8 Å². The summed E-state index contributed by atoms with van der Waals surface area (Å²) in [5.41, 5.74) is 2.64. The summed E-state index contributed by atoms with van der Waals surface area (Å²) in [5, 5.41) is 11.2. The second-order valence-corrected chi connectivity index (χ2v) is 10.3. The number of rotatable bonds is 6. The van der Waals surface area contributed by atoms with Gasteiger partial charge in [-0.3, -0.25) is 19.5 Å². The molecule has 1 aliphatic heterocycles. The maximum atomic E-state index is 13.7. The molecule has 198 valence electrons. The summed E-state index contributed by atoms with van der Waals surface area (Å²) in [7, 11) is 0. The highest BCUT2D eigenvalue weighted by molar-refractivity contribution is 7.07. The van der Waals surface area contributed by atoms with E-state index in [0.29, 0.717) is 37.7 Å². The maximum Gasteiger partial charge on any atom is 0.338 e. The zero-order valence-electron chi connectivity index (χ0n) is 21.1. The summed E-state index contributed by atoms with van der Waals surface area (Å²) in [6.07, 6.45) is 1.60. The number of carbonyl (C=O) groups is 1. The van der Waals surface area contributed by atoms with Crippen LogP contribution in [0.2, 0.25) is 5.02 Å². The van der Waals surface area contributed by atoms with Crippen LogP contribution in [0.3, 0.4) is 0 Å². The number of aromatic nitrogens is 1. The molecule has 9 nitrogen and oxygen atoms in total. The second-order valence-electron chi connectivity index (χ2n) is 8.84. The Kier molecular flexibility index (Phi) is 7.07. The van der Waals surface area contributed by atoms with Crippen LogP contribution in [0.1, 0.15) is 36.8 Å². The van der Waals surface area contributed by atoms with Gasteiger partial charge < -0.3 is 9.15 Å². The van der Waals surface area contributed by atoms with Crippen LogP contribution in [-0.2, 0) is 9.53 Å². The van der Waals surface area contributed by atoms with E-state index in [-0.39, 0.29) is 22.9 Å². The molecule has 0 aliphatic carbocycles. The van der Waals surface area contributed by atoms with Gasteiger partial charge in [0.25, 0.3) is 11.2 Å². The van der Waals surface area contributed by atoms with E-state index in [0.717, 1.165) is 11.1 Å². The van der Waals surface area contributed by atoms with Crippen LogP contribution >= 0.6 is 22.9 Å². The predicted octanol–water partition coefficient (Wildman–Crippen LogP) is 4.93. The normalized spacial score (nSPS) is 15.2. The van der Waals surface area contributed by atoms with Crippen LogP contribution in [-0.4, -0.2) is 22.1 Å². The predicted molar refractivity (Wildman–Crippen MR) is 147 cm³/mol. The Morgan fingerprint density at radius 1 is 1.21 bits per heavy atom. The molecule has 0 spiro atoms. The lowest BCUT2D eigenvalue weighted by molar-refractivity contribution is -0.384. The number of halogens is 1. The number of ether oxygens (including phenoxy) is 1. The van der Waals surface area contributed by atoms with Crippen molar-refractivity contribution in [2.45, 2.75) is 26.8 Å². The number of nitrogens with zero attached hydrogens (tertiary/aromatic N) is 3. The molecule has 39 heavy (non-hydrogen) atoms. The molecule has 1 atom stereocenters. The fourth-order valence-corrected chi connectivity index (χ4v) is 5.67. The van der Waals surface area contributed by atoms with Crippen LogP contribution in [0.5, 0.6) is 0 Å². The van der Waals surface area contributed by atoms with Crippen molar-refractivity contribution in [3.05, 3.63) is 118 Å². The van der Waals surface area contributed by atoms with E-state index in [1.165, 1.54) is 34.1 Å². The van der Waals surface area contributed by atoms with Gasteiger partial charge in [0.1, 0.15) is 11.5 Å². The fourth-order valence-electron chi connectivity index (χ4n) is 4.38. The SMILES string of the molecule is CCOC(=O)C1=C(C)N=c2s/c(=C/c3ccc(-c4ccc([N+](=O)[O-])cc4Cl)o3)c(=O)n2[C@@H]1c1ccc(C)cc1. The monoisotopic (exact) mass is 563 g/mol. The number of carbonyl (C=O) groups excluding carboxylic acids is 1. The van der Waals surface area contributed by atoms with Crippen LogP contribution in [0, 0.1) is 17.0 Å². The van der Waals surface area contributed by atoms with E-state index in [9.17, 15) is 19.7 Å². The van der Waals surface area contributed by atoms with Crippen molar-refractivity contribution >= 4 is 40.7 Å². The highest BCUT2D eigenvalue weighted by Crippen LogP contribution is 2.33. The number of nitro groups is 1. The van der Waals surface area contributed by atoms with Gasteiger partial charge in [0.2, 0.25) is 0 Å². The molecule has 3 heterocycles. The smallest absolute Gasteiger partial charge is 0.338 e. The van der Waals surface area contributed by atoms with Gasteiger partial charge in [-0.2, -0.15) is 0 Å². The first-order valence-corrected chi connectivity index (χ1v) is 13.2. The summed E-state index contributed by atoms with van der Waals surface area (Å²) in [4.78, 5) is 42.2. The molecule has 2 aromatic heterocycles. The molecule has 0 radical (unpaired) electrons. The number of non-ortho nitro benzene ring substituents is 1.